The maximum atomic E-state index is 6.04. The second-order valence-corrected chi connectivity index (χ2v) is 5.42. The summed E-state index contributed by atoms with van der Waals surface area (Å²) >= 11 is 0. The van der Waals surface area contributed by atoms with Gasteiger partial charge in [0.1, 0.15) is 11.5 Å². The van der Waals surface area contributed by atoms with Crippen molar-refractivity contribution in [2.45, 2.75) is 18.8 Å². The van der Waals surface area contributed by atoms with Gasteiger partial charge in [-0.25, -0.2) is 0 Å². The zero-order valence-electron chi connectivity index (χ0n) is 12.3. The average Bonchev–Trinajstić information content (AvgIpc) is 2.49. The topological polar surface area (TPSA) is 44.5 Å². The Morgan fingerprint density at radius 1 is 1.19 bits per heavy atom. The lowest BCUT2D eigenvalue weighted by Crippen LogP contribution is -2.23. The van der Waals surface area contributed by atoms with Crippen LogP contribution in [0.1, 0.15) is 22.6 Å². The Kier molecular flexibility index (Phi) is 4.11. The molecule has 1 aliphatic rings. The Balaban J connectivity index is 1.68. The van der Waals surface area contributed by atoms with Crippen molar-refractivity contribution in [2.75, 3.05) is 20.3 Å². The molecule has 0 fully saturated rings. The molecule has 0 radical (unpaired) electrons. The fraction of sp³-hybridized carbons (Fsp3) is 0.333. The molecule has 2 aromatic rings. The van der Waals surface area contributed by atoms with Gasteiger partial charge in [0, 0.05) is 5.92 Å². The third-order valence-corrected chi connectivity index (χ3v) is 4.08. The first-order chi connectivity index (χ1) is 10.3. The largest absolute Gasteiger partial charge is 0.497 e. The second-order valence-electron chi connectivity index (χ2n) is 5.42. The average molecular weight is 283 g/mol. The summed E-state index contributed by atoms with van der Waals surface area (Å²) in [6, 6.07) is 14.5. The standard InChI is InChI=1S/C18H21NO2/c1-20-16-6-7-18(14(11-16)8-9-19)21-12-15-10-13-4-2-3-5-17(13)15/h2-7,11,15H,8-10,12,19H2,1H3. The molecule has 0 spiro atoms. The van der Waals surface area contributed by atoms with Crippen LogP contribution in [0.2, 0.25) is 0 Å². The molecular weight excluding hydrogens is 262 g/mol. The van der Waals surface area contributed by atoms with Crippen molar-refractivity contribution in [1.29, 1.82) is 0 Å². The van der Waals surface area contributed by atoms with Crippen molar-refractivity contribution in [2.24, 2.45) is 5.73 Å². The minimum absolute atomic E-state index is 0.508. The molecular formula is C18H21NO2. The van der Waals surface area contributed by atoms with Crippen LogP contribution in [0.15, 0.2) is 42.5 Å². The van der Waals surface area contributed by atoms with E-state index in [9.17, 15) is 0 Å². The second kappa shape index (κ2) is 6.19. The van der Waals surface area contributed by atoms with Crippen molar-refractivity contribution in [1.82, 2.24) is 0 Å². The quantitative estimate of drug-likeness (QED) is 0.886. The van der Waals surface area contributed by atoms with Crippen LogP contribution < -0.4 is 15.2 Å². The predicted octanol–water partition coefficient (Wildman–Crippen LogP) is 2.92. The number of hydrogen-bond donors (Lipinski definition) is 1. The van der Waals surface area contributed by atoms with Gasteiger partial charge in [-0.05, 0) is 54.3 Å². The first kappa shape index (κ1) is 14.0. The fourth-order valence-electron chi connectivity index (χ4n) is 2.88. The lowest BCUT2D eigenvalue weighted by molar-refractivity contribution is 0.272. The van der Waals surface area contributed by atoms with Crippen molar-refractivity contribution in [3.05, 3.63) is 59.2 Å². The van der Waals surface area contributed by atoms with E-state index in [4.69, 9.17) is 15.2 Å². The van der Waals surface area contributed by atoms with Crippen molar-refractivity contribution < 1.29 is 9.47 Å². The number of fused-ring (bicyclic) bond motifs is 1. The van der Waals surface area contributed by atoms with Gasteiger partial charge in [-0.1, -0.05) is 24.3 Å². The molecule has 1 aliphatic carbocycles. The summed E-state index contributed by atoms with van der Waals surface area (Å²) in [7, 11) is 1.67. The summed E-state index contributed by atoms with van der Waals surface area (Å²) < 4.78 is 11.3. The molecule has 3 nitrogen and oxygen atoms in total. The zero-order chi connectivity index (χ0) is 14.7. The molecule has 0 aromatic heterocycles. The van der Waals surface area contributed by atoms with E-state index in [0.29, 0.717) is 12.5 Å². The van der Waals surface area contributed by atoms with Crippen LogP contribution in [0.25, 0.3) is 0 Å². The van der Waals surface area contributed by atoms with Crippen LogP contribution in [0, 0.1) is 0 Å². The number of ether oxygens (including phenoxy) is 2. The number of benzene rings is 2. The van der Waals surface area contributed by atoms with Gasteiger partial charge in [0.05, 0.1) is 13.7 Å². The van der Waals surface area contributed by atoms with Crippen LogP contribution in [0.3, 0.4) is 0 Å². The zero-order valence-corrected chi connectivity index (χ0v) is 12.3. The van der Waals surface area contributed by atoms with Crippen LogP contribution in [0.5, 0.6) is 11.5 Å². The van der Waals surface area contributed by atoms with Gasteiger partial charge in [0.25, 0.3) is 0 Å². The summed E-state index contributed by atoms with van der Waals surface area (Å²) in [4.78, 5) is 0. The summed E-state index contributed by atoms with van der Waals surface area (Å²) in [5.74, 6) is 2.28. The van der Waals surface area contributed by atoms with Crippen LogP contribution in [0.4, 0.5) is 0 Å². The van der Waals surface area contributed by atoms with E-state index in [2.05, 4.69) is 24.3 Å². The third kappa shape index (κ3) is 2.88. The highest BCUT2D eigenvalue weighted by atomic mass is 16.5. The highest BCUT2D eigenvalue weighted by Gasteiger charge is 2.26. The van der Waals surface area contributed by atoms with Gasteiger partial charge in [-0.15, -0.1) is 0 Å². The fourth-order valence-corrected chi connectivity index (χ4v) is 2.88. The third-order valence-electron chi connectivity index (χ3n) is 4.08. The SMILES string of the molecule is COc1ccc(OCC2Cc3ccccc32)c(CCN)c1. The van der Waals surface area contributed by atoms with E-state index in [1.807, 2.05) is 18.2 Å². The van der Waals surface area contributed by atoms with E-state index in [1.54, 1.807) is 7.11 Å². The van der Waals surface area contributed by atoms with Crippen LogP contribution in [-0.4, -0.2) is 20.3 Å². The van der Waals surface area contributed by atoms with Crippen LogP contribution in [-0.2, 0) is 12.8 Å². The molecule has 2 aromatic carbocycles. The van der Waals surface area contributed by atoms with Crippen molar-refractivity contribution in [3.63, 3.8) is 0 Å². The number of hydrogen-bond acceptors (Lipinski definition) is 3. The number of rotatable bonds is 6. The summed E-state index contributed by atoms with van der Waals surface area (Å²) in [6.45, 7) is 1.33. The van der Waals surface area contributed by atoms with Crippen molar-refractivity contribution in [3.8, 4) is 11.5 Å². The van der Waals surface area contributed by atoms with E-state index in [1.165, 1.54) is 11.1 Å². The predicted molar refractivity (Wildman–Crippen MR) is 84.1 cm³/mol. The molecule has 3 rings (SSSR count). The number of nitrogens with two attached hydrogens (primary N) is 1. The van der Waals surface area contributed by atoms with Gasteiger partial charge < -0.3 is 15.2 Å². The normalized spacial score (nSPS) is 16.0. The monoisotopic (exact) mass is 283 g/mol. The Morgan fingerprint density at radius 2 is 2.05 bits per heavy atom. The van der Waals surface area contributed by atoms with E-state index < -0.39 is 0 Å². The van der Waals surface area contributed by atoms with Gasteiger partial charge in [0.2, 0.25) is 0 Å². The van der Waals surface area contributed by atoms with E-state index in [0.717, 1.165) is 36.5 Å². The molecule has 3 heteroatoms. The molecule has 0 saturated heterocycles. The molecule has 0 bridgehead atoms. The molecule has 21 heavy (non-hydrogen) atoms. The lowest BCUT2D eigenvalue weighted by atomic mass is 9.78. The summed E-state index contributed by atoms with van der Waals surface area (Å²) in [5, 5.41) is 0. The van der Waals surface area contributed by atoms with Gasteiger partial charge >= 0.3 is 0 Å². The maximum absolute atomic E-state index is 6.04. The minimum atomic E-state index is 0.508. The first-order valence-corrected chi connectivity index (χ1v) is 7.39. The minimum Gasteiger partial charge on any atom is -0.497 e. The molecule has 0 heterocycles. The highest BCUT2D eigenvalue weighted by Crippen LogP contribution is 2.35. The Bertz CT molecular complexity index is 624. The van der Waals surface area contributed by atoms with E-state index in [-0.39, 0.29) is 0 Å². The summed E-state index contributed by atoms with van der Waals surface area (Å²) in [5.41, 5.74) is 9.67. The molecule has 0 saturated carbocycles. The molecule has 110 valence electrons. The van der Waals surface area contributed by atoms with Gasteiger partial charge in [-0.3, -0.25) is 0 Å². The lowest BCUT2D eigenvalue weighted by Gasteiger charge is -2.30. The Morgan fingerprint density at radius 3 is 2.81 bits per heavy atom. The number of methoxy groups -OCH3 is 1. The van der Waals surface area contributed by atoms with Gasteiger partial charge in [0.15, 0.2) is 0 Å². The smallest absolute Gasteiger partial charge is 0.122 e. The van der Waals surface area contributed by atoms with E-state index >= 15 is 0 Å². The molecule has 1 unspecified atom stereocenters. The van der Waals surface area contributed by atoms with Crippen molar-refractivity contribution >= 4 is 0 Å². The molecule has 2 N–H and O–H groups in total. The van der Waals surface area contributed by atoms with Gasteiger partial charge in [-0.2, -0.15) is 0 Å². The Hall–Kier alpha value is -2.00. The highest BCUT2D eigenvalue weighted by molar-refractivity contribution is 5.42. The molecule has 0 amide bonds. The van der Waals surface area contributed by atoms with Crippen LogP contribution >= 0.6 is 0 Å². The molecule has 1 atom stereocenters. The Labute approximate surface area is 125 Å². The maximum Gasteiger partial charge on any atom is 0.122 e. The molecule has 0 aliphatic heterocycles. The summed E-state index contributed by atoms with van der Waals surface area (Å²) in [6.07, 6.45) is 1.91. The first-order valence-electron chi connectivity index (χ1n) is 7.39.